The zero-order valence-corrected chi connectivity index (χ0v) is 10.5. The minimum Gasteiger partial charge on any atom is -0.312 e. The van der Waals surface area contributed by atoms with E-state index in [-0.39, 0.29) is 5.54 Å². The van der Waals surface area contributed by atoms with E-state index in [2.05, 4.69) is 51.2 Å². The third kappa shape index (κ3) is 4.47. The molecule has 1 aromatic heterocycles. The molecule has 0 spiro atoms. The van der Waals surface area contributed by atoms with E-state index in [1.54, 1.807) is 0 Å². The van der Waals surface area contributed by atoms with Crippen LogP contribution in [0, 0.1) is 6.92 Å². The summed E-state index contributed by atoms with van der Waals surface area (Å²) in [6.45, 7) is 11.9. The average molecular weight is 209 g/mol. The van der Waals surface area contributed by atoms with Gasteiger partial charge >= 0.3 is 0 Å². The van der Waals surface area contributed by atoms with Crippen molar-refractivity contribution in [2.24, 2.45) is 0 Å². The molecule has 0 radical (unpaired) electrons. The van der Waals surface area contributed by atoms with Gasteiger partial charge in [-0.3, -0.25) is 4.68 Å². The van der Waals surface area contributed by atoms with Crippen molar-refractivity contribution in [2.75, 3.05) is 6.54 Å². The Kier molecular flexibility index (Phi) is 3.91. The van der Waals surface area contributed by atoms with Gasteiger partial charge in [0.05, 0.1) is 12.2 Å². The van der Waals surface area contributed by atoms with Crippen LogP contribution in [0.4, 0.5) is 0 Å². The van der Waals surface area contributed by atoms with E-state index in [1.165, 1.54) is 5.56 Å². The van der Waals surface area contributed by atoms with E-state index < -0.39 is 0 Å². The standard InChI is InChI=1S/C12H23N3/c1-10-8-14-15(9-10)11(2)6-7-13-12(3,4)5/h8-9,11,13H,6-7H2,1-5H3. The van der Waals surface area contributed by atoms with Gasteiger partial charge in [0.2, 0.25) is 0 Å². The minimum absolute atomic E-state index is 0.208. The lowest BCUT2D eigenvalue weighted by molar-refractivity contribution is 0.380. The molecule has 0 saturated heterocycles. The highest BCUT2D eigenvalue weighted by Gasteiger charge is 2.10. The Morgan fingerprint density at radius 2 is 2.13 bits per heavy atom. The smallest absolute Gasteiger partial charge is 0.0519 e. The molecule has 1 heterocycles. The summed E-state index contributed by atoms with van der Waals surface area (Å²) in [4.78, 5) is 0. The fraction of sp³-hybridized carbons (Fsp3) is 0.750. The van der Waals surface area contributed by atoms with Gasteiger partial charge in [-0.25, -0.2) is 0 Å². The van der Waals surface area contributed by atoms with Crippen molar-refractivity contribution >= 4 is 0 Å². The Morgan fingerprint density at radius 1 is 1.47 bits per heavy atom. The highest BCUT2D eigenvalue weighted by Crippen LogP contribution is 2.10. The molecule has 0 aromatic carbocycles. The lowest BCUT2D eigenvalue weighted by Gasteiger charge is -2.22. The predicted molar refractivity (Wildman–Crippen MR) is 64.0 cm³/mol. The molecule has 0 aliphatic rings. The molecule has 86 valence electrons. The maximum atomic E-state index is 4.32. The Morgan fingerprint density at radius 3 is 2.60 bits per heavy atom. The molecule has 3 heteroatoms. The van der Waals surface area contributed by atoms with Gasteiger partial charge in [0.15, 0.2) is 0 Å². The van der Waals surface area contributed by atoms with Crippen molar-refractivity contribution in [1.29, 1.82) is 0 Å². The second kappa shape index (κ2) is 4.79. The summed E-state index contributed by atoms with van der Waals surface area (Å²) in [7, 11) is 0. The first-order valence-electron chi connectivity index (χ1n) is 5.64. The lowest BCUT2D eigenvalue weighted by Crippen LogP contribution is -2.37. The number of rotatable bonds is 4. The maximum absolute atomic E-state index is 4.32. The van der Waals surface area contributed by atoms with Crippen molar-refractivity contribution in [3.63, 3.8) is 0 Å². The van der Waals surface area contributed by atoms with Crippen LogP contribution in [0.3, 0.4) is 0 Å². The lowest BCUT2D eigenvalue weighted by atomic mass is 10.1. The van der Waals surface area contributed by atoms with Gasteiger partial charge in [-0.05, 0) is 53.1 Å². The molecular formula is C12H23N3. The van der Waals surface area contributed by atoms with Crippen LogP contribution in [-0.2, 0) is 0 Å². The van der Waals surface area contributed by atoms with Gasteiger partial charge in [-0.1, -0.05) is 0 Å². The predicted octanol–water partition coefficient (Wildman–Crippen LogP) is 2.53. The van der Waals surface area contributed by atoms with Crippen LogP contribution < -0.4 is 5.32 Å². The van der Waals surface area contributed by atoms with Gasteiger partial charge in [0.25, 0.3) is 0 Å². The van der Waals surface area contributed by atoms with Crippen molar-refractivity contribution < 1.29 is 0 Å². The molecule has 1 atom stereocenters. The molecule has 15 heavy (non-hydrogen) atoms. The zero-order valence-electron chi connectivity index (χ0n) is 10.5. The number of aryl methyl sites for hydroxylation is 1. The fourth-order valence-electron chi connectivity index (χ4n) is 1.46. The van der Waals surface area contributed by atoms with Crippen molar-refractivity contribution in [1.82, 2.24) is 15.1 Å². The summed E-state index contributed by atoms with van der Waals surface area (Å²) < 4.78 is 2.04. The van der Waals surface area contributed by atoms with E-state index in [1.807, 2.05) is 10.9 Å². The molecule has 0 saturated carbocycles. The summed E-state index contributed by atoms with van der Waals surface area (Å²) in [5, 5.41) is 7.81. The summed E-state index contributed by atoms with van der Waals surface area (Å²) in [5.74, 6) is 0. The van der Waals surface area contributed by atoms with E-state index in [9.17, 15) is 0 Å². The summed E-state index contributed by atoms with van der Waals surface area (Å²) in [6.07, 6.45) is 5.12. The molecule has 0 aliphatic heterocycles. The normalized spacial score (nSPS) is 14.2. The first kappa shape index (κ1) is 12.2. The van der Waals surface area contributed by atoms with Crippen LogP contribution in [-0.4, -0.2) is 21.9 Å². The molecule has 3 nitrogen and oxygen atoms in total. The third-order valence-electron chi connectivity index (χ3n) is 2.40. The molecular weight excluding hydrogens is 186 g/mol. The third-order valence-corrected chi connectivity index (χ3v) is 2.40. The molecule has 0 amide bonds. The van der Waals surface area contributed by atoms with Gasteiger partial charge in [-0.2, -0.15) is 5.10 Å². The number of hydrogen-bond donors (Lipinski definition) is 1. The van der Waals surface area contributed by atoms with E-state index in [0.29, 0.717) is 6.04 Å². The largest absolute Gasteiger partial charge is 0.312 e. The topological polar surface area (TPSA) is 29.9 Å². The fourth-order valence-corrected chi connectivity index (χ4v) is 1.46. The summed E-state index contributed by atoms with van der Waals surface area (Å²) in [5.41, 5.74) is 1.44. The number of nitrogens with one attached hydrogen (secondary N) is 1. The molecule has 0 fully saturated rings. The zero-order chi connectivity index (χ0) is 11.5. The Bertz CT molecular complexity index is 296. The summed E-state index contributed by atoms with van der Waals surface area (Å²) >= 11 is 0. The quantitative estimate of drug-likeness (QED) is 0.826. The molecule has 0 bridgehead atoms. The SMILES string of the molecule is Cc1cnn(C(C)CCNC(C)(C)C)c1. The van der Waals surface area contributed by atoms with Crippen molar-refractivity contribution in [3.05, 3.63) is 18.0 Å². The van der Waals surface area contributed by atoms with Crippen LogP contribution >= 0.6 is 0 Å². The van der Waals surface area contributed by atoms with Crippen LogP contribution in [0.5, 0.6) is 0 Å². The summed E-state index contributed by atoms with van der Waals surface area (Å²) in [6, 6.07) is 0.466. The highest BCUT2D eigenvalue weighted by atomic mass is 15.3. The van der Waals surface area contributed by atoms with E-state index in [4.69, 9.17) is 0 Å². The van der Waals surface area contributed by atoms with Gasteiger partial charge in [0, 0.05) is 11.7 Å². The number of hydrogen-bond acceptors (Lipinski definition) is 2. The Balaban J connectivity index is 2.34. The number of aromatic nitrogens is 2. The van der Waals surface area contributed by atoms with Crippen molar-refractivity contribution in [3.8, 4) is 0 Å². The Hall–Kier alpha value is -0.830. The van der Waals surface area contributed by atoms with E-state index >= 15 is 0 Å². The molecule has 1 N–H and O–H groups in total. The average Bonchev–Trinajstić information content (AvgIpc) is 2.49. The first-order valence-corrected chi connectivity index (χ1v) is 5.64. The number of nitrogens with zero attached hydrogens (tertiary/aromatic N) is 2. The molecule has 1 unspecified atom stereocenters. The molecule has 1 aromatic rings. The maximum Gasteiger partial charge on any atom is 0.0519 e. The monoisotopic (exact) mass is 209 g/mol. The van der Waals surface area contributed by atoms with Crippen LogP contribution in [0.25, 0.3) is 0 Å². The van der Waals surface area contributed by atoms with Crippen LogP contribution in [0.15, 0.2) is 12.4 Å². The van der Waals surface area contributed by atoms with Crippen LogP contribution in [0.2, 0.25) is 0 Å². The first-order chi connectivity index (χ1) is 6.88. The van der Waals surface area contributed by atoms with E-state index in [0.717, 1.165) is 13.0 Å². The molecule has 1 rings (SSSR count). The van der Waals surface area contributed by atoms with Gasteiger partial charge in [-0.15, -0.1) is 0 Å². The van der Waals surface area contributed by atoms with Crippen LogP contribution in [0.1, 0.15) is 45.7 Å². The second-order valence-electron chi connectivity index (χ2n) is 5.31. The van der Waals surface area contributed by atoms with Crippen molar-refractivity contribution in [2.45, 2.75) is 52.6 Å². The minimum atomic E-state index is 0.208. The van der Waals surface area contributed by atoms with Gasteiger partial charge in [0.1, 0.15) is 0 Å². The van der Waals surface area contributed by atoms with Gasteiger partial charge < -0.3 is 5.32 Å². The molecule has 0 aliphatic carbocycles. The Labute approximate surface area is 92.9 Å². The highest BCUT2D eigenvalue weighted by molar-refractivity contribution is 5.00. The second-order valence-corrected chi connectivity index (χ2v) is 5.31.